The Labute approximate surface area is 143 Å². The van der Waals surface area contributed by atoms with Gasteiger partial charge in [-0.25, -0.2) is 14.6 Å². The highest BCUT2D eigenvalue weighted by Gasteiger charge is 2.26. The van der Waals surface area contributed by atoms with Gasteiger partial charge in [-0.1, -0.05) is 0 Å². The minimum Gasteiger partial charge on any atom is -0.298 e. The average Bonchev–Trinajstić information content (AvgIpc) is 3.23. The first-order chi connectivity index (χ1) is 11.6. The quantitative estimate of drug-likeness (QED) is 0.790. The molecule has 24 heavy (non-hydrogen) atoms. The van der Waals surface area contributed by atoms with Gasteiger partial charge in [-0.05, 0) is 44.9 Å². The first-order valence-corrected chi connectivity index (χ1v) is 8.74. The van der Waals surface area contributed by atoms with Crippen molar-refractivity contribution in [2.24, 2.45) is 0 Å². The molecule has 0 spiro atoms. The van der Waals surface area contributed by atoms with Crippen LogP contribution in [0.25, 0.3) is 5.82 Å². The zero-order valence-corrected chi connectivity index (χ0v) is 14.3. The highest BCUT2D eigenvalue weighted by molar-refractivity contribution is 7.14. The highest BCUT2D eigenvalue weighted by Crippen LogP contribution is 2.40. The van der Waals surface area contributed by atoms with E-state index >= 15 is 0 Å². The van der Waals surface area contributed by atoms with Crippen LogP contribution in [0.1, 0.15) is 46.2 Å². The van der Waals surface area contributed by atoms with Crippen LogP contribution in [0.5, 0.6) is 0 Å². The van der Waals surface area contributed by atoms with Crippen molar-refractivity contribution < 1.29 is 4.79 Å². The van der Waals surface area contributed by atoms with E-state index < -0.39 is 0 Å². The molecule has 0 saturated heterocycles. The minimum absolute atomic E-state index is 0.195. The maximum atomic E-state index is 12.3. The average molecular weight is 339 g/mol. The van der Waals surface area contributed by atoms with Gasteiger partial charge >= 0.3 is 0 Å². The SMILES string of the molecule is Cc1cc(C)n(-c2ccc(C(=O)Nc3nc(C4CC4)cs3)cn2)n1. The van der Waals surface area contributed by atoms with E-state index in [9.17, 15) is 4.79 Å². The Morgan fingerprint density at radius 2 is 2.17 bits per heavy atom. The molecule has 0 aliphatic heterocycles. The number of rotatable bonds is 4. The Hall–Kier alpha value is -2.54. The second-order valence-electron chi connectivity index (χ2n) is 6.05. The Kier molecular flexibility index (Phi) is 3.65. The van der Waals surface area contributed by atoms with Crippen LogP contribution >= 0.6 is 11.3 Å². The number of amides is 1. The Bertz CT molecular complexity index is 892. The summed E-state index contributed by atoms with van der Waals surface area (Å²) in [4.78, 5) is 21.1. The molecule has 0 unspecified atom stereocenters. The third kappa shape index (κ3) is 2.94. The van der Waals surface area contributed by atoms with Gasteiger partial charge in [0.25, 0.3) is 5.91 Å². The van der Waals surface area contributed by atoms with Crippen molar-refractivity contribution in [2.75, 3.05) is 5.32 Å². The topological polar surface area (TPSA) is 72.7 Å². The highest BCUT2D eigenvalue weighted by atomic mass is 32.1. The van der Waals surface area contributed by atoms with Crippen molar-refractivity contribution in [3.63, 3.8) is 0 Å². The minimum atomic E-state index is -0.195. The third-order valence-electron chi connectivity index (χ3n) is 3.97. The maximum Gasteiger partial charge on any atom is 0.259 e. The molecule has 1 amide bonds. The van der Waals surface area contributed by atoms with Crippen LogP contribution in [0.3, 0.4) is 0 Å². The molecule has 0 atom stereocenters. The van der Waals surface area contributed by atoms with E-state index in [0.717, 1.165) is 17.1 Å². The molecule has 122 valence electrons. The predicted octanol–water partition coefficient (Wildman–Crippen LogP) is 3.47. The van der Waals surface area contributed by atoms with Crippen molar-refractivity contribution in [3.05, 3.63) is 52.4 Å². The molecule has 1 aliphatic rings. The van der Waals surface area contributed by atoms with Gasteiger partial charge in [-0.15, -0.1) is 11.3 Å². The molecule has 0 radical (unpaired) electrons. The van der Waals surface area contributed by atoms with Crippen LogP contribution in [0.15, 0.2) is 29.8 Å². The van der Waals surface area contributed by atoms with E-state index in [1.165, 1.54) is 24.2 Å². The van der Waals surface area contributed by atoms with Crippen LogP contribution in [0, 0.1) is 13.8 Å². The number of nitrogens with one attached hydrogen (secondary N) is 1. The molecule has 1 saturated carbocycles. The van der Waals surface area contributed by atoms with Crippen LogP contribution in [-0.4, -0.2) is 25.7 Å². The Morgan fingerprint density at radius 3 is 2.79 bits per heavy atom. The zero-order chi connectivity index (χ0) is 16.7. The van der Waals surface area contributed by atoms with Crippen LogP contribution in [-0.2, 0) is 0 Å². The standard InChI is InChI=1S/C17H17N5OS/c1-10-7-11(2)22(21-10)15-6-5-13(8-18-15)16(23)20-17-19-14(9-24-17)12-3-4-12/h5-9,12H,3-4H2,1-2H3,(H,19,20,23). The number of carbonyl (C=O) groups is 1. The van der Waals surface area contributed by atoms with Crippen molar-refractivity contribution in [1.29, 1.82) is 0 Å². The predicted molar refractivity (Wildman–Crippen MR) is 92.9 cm³/mol. The van der Waals surface area contributed by atoms with Crippen molar-refractivity contribution in [3.8, 4) is 5.82 Å². The lowest BCUT2D eigenvalue weighted by Gasteiger charge is -2.05. The van der Waals surface area contributed by atoms with Gasteiger partial charge < -0.3 is 0 Å². The molecule has 3 aromatic rings. The fourth-order valence-electron chi connectivity index (χ4n) is 2.59. The number of hydrogen-bond acceptors (Lipinski definition) is 5. The Morgan fingerprint density at radius 1 is 1.33 bits per heavy atom. The van der Waals surface area contributed by atoms with Crippen molar-refractivity contribution in [1.82, 2.24) is 19.7 Å². The molecule has 1 N–H and O–H groups in total. The number of hydrogen-bond donors (Lipinski definition) is 1. The molecule has 4 rings (SSSR count). The number of nitrogens with zero attached hydrogens (tertiary/aromatic N) is 4. The molecule has 0 aromatic carbocycles. The number of carbonyl (C=O) groups excluding carboxylic acids is 1. The van der Waals surface area contributed by atoms with Gasteiger partial charge in [0.05, 0.1) is 17.0 Å². The number of pyridine rings is 1. The molecule has 3 aromatic heterocycles. The number of aromatic nitrogens is 4. The fourth-order valence-corrected chi connectivity index (χ4v) is 3.37. The fraction of sp³-hybridized carbons (Fsp3) is 0.294. The van der Waals surface area contributed by atoms with Crippen molar-refractivity contribution >= 4 is 22.4 Å². The normalized spacial score (nSPS) is 13.9. The molecule has 3 heterocycles. The lowest BCUT2D eigenvalue weighted by atomic mass is 10.2. The Balaban J connectivity index is 1.49. The number of thiazole rings is 1. The van der Waals surface area contributed by atoms with E-state index in [1.807, 2.05) is 25.3 Å². The lowest BCUT2D eigenvalue weighted by molar-refractivity contribution is 0.102. The maximum absolute atomic E-state index is 12.3. The molecule has 0 bridgehead atoms. The summed E-state index contributed by atoms with van der Waals surface area (Å²) < 4.78 is 1.76. The van der Waals surface area contributed by atoms with E-state index in [0.29, 0.717) is 22.4 Å². The molecule has 1 fully saturated rings. The second-order valence-corrected chi connectivity index (χ2v) is 6.91. The summed E-state index contributed by atoms with van der Waals surface area (Å²) in [5, 5.41) is 9.90. The van der Waals surface area contributed by atoms with Gasteiger partial charge in [-0.3, -0.25) is 10.1 Å². The third-order valence-corrected chi connectivity index (χ3v) is 4.75. The zero-order valence-electron chi connectivity index (χ0n) is 13.5. The van der Waals surface area contributed by atoms with Gasteiger partial charge in [-0.2, -0.15) is 5.10 Å². The first kappa shape index (κ1) is 15.0. The van der Waals surface area contributed by atoms with Crippen LogP contribution in [0.4, 0.5) is 5.13 Å². The molecule has 1 aliphatic carbocycles. The molecule has 6 nitrogen and oxygen atoms in total. The lowest BCUT2D eigenvalue weighted by Crippen LogP contribution is -2.13. The molecule has 7 heteroatoms. The van der Waals surface area contributed by atoms with E-state index in [1.54, 1.807) is 23.0 Å². The van der Waals surface area contributed by atoms with Crippen LogP contribution in [0.2, 0.25) is 0 Å². The van der Waals surface area contributed by atoms with E-state index in [2.05, 4.69) is 20.4 Å². The van der Waals surface area contributed by atoms with Gasteiger partial charge in [0, 0.05) is 23.2 Å². The summed E-state index contributed by atoms with van der Waals surface area (Å²) in [5.41, 5.74) is 3.54. The summed E-state index contributed by atoms with van der Waals surface area (Å²) in [5.74, 6) is 1.09. The smallest absolute Gasteiger partial charge is 0.259 e. The monoisotopic (exact) mass is 339 g/mol. The summed E-state index contributed by atoms with van der Waals surface area (Å²) in [7, 11) is 0. The summed E-state index contributed by atoms with van der Waals surface area (Å²) in [6.45, 7) is 3.91. The van der Waals surface area contributed by atoms with E-state index in [-0.39, 0.29) is 5.91 Å². The first-order valence-electron chi connectivity index (χ1n) is 7.86. The van der Waals surface area contributed by atoms with Crippen LogP contribution < -0.4 is 5.32 Å². The van der Waals surface area contributed by atoms with Gasteiger partial charge in [0.2, 0.25) is 0 Å². The second kappa shape index (κ2) is 5.83. The number of anilines is 1. The van der Waals surface area contributed by atoms with E-state index in [4.69, 9.17) is 0 Å². The van der Waals surface area contributed by atoms with Gasteiger partial charge in [0.1, 0.15) is 0 Å². The molecular weight excluding hydrogens is 322 g/mol. The summed E-state index contributed by atoms with van der Waals surface area (Å²) in [6, 6.07) is 5.54. The van der Waals surface area contributed by atoms with Gasteiger partial charge in [0.15, 0.2) is 10.9 Å². The molecular formula is C17H17N5OS. The largest absolute Gasteiger partial charge is 0.298 e. The summed E-state index contributed by atoms with van der Waals surface area (Å²) >= 11 is 1.47. The van der Waals surface area contributed by atoms with Crippen molar-refractivity contribution in [2.45, 2.75) is 32.6 Å². The summed E-state index contributed by atoms with van der Waals surface area (Å²) in [6.07, 6.45) is 3.97. The number of aryl methyl sites for hydroxylation is 2.